The Morgan fingerprint density at radius 3 is 2.48 bits per heavy atom. The van der Waals surface area contributed by atoms with Gasteiger partial charge in [-0.25, -0.2) is 9.55 Å². The molecule has 5 rings (SSSR count). The summed E-state index contributed by atoms with van der Waals surface area (Å²) in [6, 6.07) is 17.5. The Bertz CT molecular complexity index is 1080. The van der Waals surface area contributed by atoms with Crippen molar-refractivity contribution in [3.05, 3.63) is 60.3 Å². The molecule has 6 heteroatoms. The largest absolute Gasteiger partial charge is 1.00 e. The molecule has 0 spiro atoms. The second kappa shape index (κ2) is 9.21. The molecule has 4 aromatic rings. The summed E-state index contributed by atoms with van der Waals surface area (Å²) in [5.74, 6) is 1.18. The molecule has 2 aromatic heterocycles. The number of aryl methyl sites for hydroxylation is 2. The zero-order valence-electron chi connectivity index (χ0n) is 16.8. The number of benzene rings is 2. The van der Waals surface area contributed by atoms with Crippen LogP contribution in [0.25, 0.3) is 28.1 Å². The minimum absolute atomic E-state index is 0. The fraction of sp³-hybridized carbons (Fsp3) is 0.348. The van der Waals surface area contributed by atoms with Gasteiger partial charge in [0.05, 0.1) is 26.2 Å². The second-order valence-electron chi connectivity index (χ2n) is 7.93. The van der Waals surface area contributed by atoms with E-state index in [1.165, 1.54) is 72.5 Å². The zero-order chi connectivity index (χ0) is 18.2. The zero-order valence-corrected chi connectivity index (χ0v) is 18.3. The number of fused-ring (bicyclic) bond motifs is 3. The van der Waals surface area contributed by atoms with Crippen molar-refractivity contribution in [3.63, 3.8) is 0 Å². The molecule has 0 unspecified atom stereocenters. The molecule has 0 aliphatic carbocycles. The van der Waals surface area contributed by atoms with Crippen LogP contribution in [-0.2, 0) is 6.54 Å². The van der Waals surface area contributed by atoms with E-state index in [0.29, 0.717) is 0 Å². The first-order chi connectivity index (χ1) is 13.3. The minimum Gasteiger partial charge on any atom is -1.00 e. The number of rotatable bonds is 5. The third kappa shape index (κ3) is 4.16. The average molecular weight is 431 g/mol. The predicted octanol–water partition coefficient (Wildman–Crippen LogP) is -3.24. The van der Waals surface area contributed by atoms with E-state index in [2.05, 4.69) is 75.6 Å². The van der Waals surface area contributed by atoms with Gasteiger partial charge in [0, 0.05) is 24.8 Å². The summed E-state index contributed by atoms with van der Waals surface area (Å²) in [4.78, 5) is 5.42. The first-order valence-corrected chi connectivity index (χ1v) is 10.2. The van der Waals surface area contributed by atoms with E-state index in [1.54, 1.807) is 4.90 Å². The molecule has 2 aromatic carbocycles. The maximum atomic E-state index is 3.65. The normalized spacial score (nSPS) is 14.2. The maximum Gasteiger partial charge on any atom is 0.368 e. The summed E-state index contributed by atoms with van der Waals surface area (Å²) < 4.78 is 4.79. The van der Waals surface area contributed by atoms with Crippen LogP contribution >= 0.6 is 0 Å². The van der Waals surface area contributed by atoms with Crippen LogP contribution in [0.4, 0.5) is 0 Å². The molecular weight excluding hydrogens is 403 g/mol. The number of nitrogens with one attached hydrogen (secondary N) is 2. The fourth-order valence-corrected chi connectivity index (χ4v) is 4.51. The lowest BCUT2D eigenvalue weighted by atomic mass is 10.1. The Kier molecular flexibility index (Phi) is 6.89. The Hall–Kier alpha value is -2.01. The van der Waals surface area contributed by atoms with Crippen LogP contribution in [0.15, 0.2) is 54.7 Å². The van der Waals surface area contributed by atoms with Crippen LogP contribution in [0, 0.1) is 6.92 Å². The molecule has 1 aliphatic heterocycles. The van der Waals surface area contributed by atoms with Crippen LogP contribution < -0.4 is 34.1 Å². The molecule has 0 amide bonds. The molecule has 154 valence electrons. The number of hydrogen-bond acceptors (Lipinski definition) is 0. The fourth-order valence-electron chi connectivity index (χ4n) is 4.51. The number of quaternary nitrogens is 1. The average Bonchev–Trinajstić information content (AvgIpc) is 3.39. The van der Waals surface area contributed by atoms with Crippen LogP contribution in [0.1, 0.15) is 24.8 Å². The van der Waals surface area contributed by atoms with Crippen molar-refractivity contribution in [2.45, 2.75) is 32.7 Å². The number of H-pyrrole nitrogens is 1. The Morgan fingerprint density at radius 2 is 1.72 bits per heavy atom. The molecule has 1 saturated heterocycles. The number of imidazole rings is 2. The Labute approximate surface area is 184 Å². The summed E-state index contributed by atoms with van der Waals surface area (Å²) in [6.07, 6.45) is 6.31. The van der Waals surface area contributed by atoms with E-state index in [1.807, 2.05) is 0 Å². The summed E-state index contributed by atoms with van der Waals surface area (Å²) in [7, 11) is 0. The number of hydrogen-bond donors (Lipinski definition) is 2. The standard InChI is InChI=1S/C23H26N4.2ClH/c1-18-9-11-19(12-10-18)22-17-27-21-8-3-2-7-20(21)24-23(27)26(22)16-6-15-25-13-4-5-14-25;;/h2-3,7-12,17H,4-6,13-16H2,1H3;2*1H. The second-order valence-corrected chi connectivity index (χ2v) is 7.93. The van der Waals surface area contributed by atoms with Gasteiger partial charge in [-0.15, -0.1) is 0 Å². The van der Waals surface area contributed by atoms with Gasteiger partial charge in [0.1, 0.15) is 22.9 Å². The Balaban J connectivity index is 0.00000120. The van der Waals surface area contributed by atoms with Crippen molar-refractivity contribution in [1.82, 2.24) is 9.55 Å². The highest BCUT2D eigenvalue weighted by Crippen LogP contribution is 2.23. The quantitative estimate of drug-likeness (QED) is 0.311. The lowest BCUT2D eigenvalue weighted by Gasteiger charge is -2.11. The van der Waals surface area contributed by atoms with Gasteiger partial charge in [-0.2, -0.15) is 4.40 Å². The highest BCUT2D eigenvalue weighted by Gasteiger charge is 2.23. The third-order valence-electron chi connectivity index (χ3n) is 6.01. The minimum atomic E-state index is 0. The SMILES string of the molecule is Cc1ccc(-c2c[n+]3c4ccccc4[nH]c3n2CCC[NH+]2CCCC2)cc1.[Cl-].[Cl-]. The first-order valence-electron chi connectivity index (χ1n) is 10.2. The van der Waals surface area contributed by atoms with Gasteiger partial charge in [-0.1, -0.05) is 42.0 Å². The Morgan fingerprint density at radius 1 is 1.00 bits per heavy atom. The van der Waals surface area contributed by atoms with Gasteiger partial charge in [0.2, 0.25) is 0 Å². The van der Waals surface area contributed by atoms with E-state index in [-0.39, 0.29) is 24.8 Å². The molecule has 0 radical (unpaired) electrons. The topological polar surface area (TPSA) is 29.3 Å². The van der Waals surface area contributed by atoms with E-state index in [0.717, 1.165) is 6.54 Å². The molecular formula is C23H28Cl2N4. The number of nitrogens with zero attached hydrogens (tertiary/aromatic N) is 2. The van der Waals surface area contributed by atoms with E-state index in [9.17, 15) is 0 Å². The lowest BCUT2D eigenvalue weighted by Crippen LogP contribution is -3.10. The molecule has 1 aliphatic rings. The van der Waals surface area contributed by atoms with Crippen LogP contribution in [0.2, 0.25) is 0 Å². The first kappa shape index (κ1) is 21.7. The highest BCUT2D eigenvalue weighted by molar-refractivity contribution is 5.74. The van der Waals surface area contributed by atoms with Gasteiger partial charge in [-0.3, -0.25) is 0 Å². The van der Waals surface area contributed by atoms with E-state index < -0.39 is 0 Å². The maximum absolute atomic E-state index is 3.65. The molecule has 2 N–H and O–H groups in total. The smallest absolute Gasteiger partial charge is 0.368 e. The molecule has 1 fully saturated rings. The number of likely N-dealkylation sites (tertiary alicyclic amines) is 1. The van der Waals surface area contributed by atoms with Crippen molar-refractivity contribution < 1.29 is 34.1 Å². The van der Waals surface area contributed by atoms with Crippen molar-refractivity contribution >= 4 is 16.8 Å². The van der Waals surface area contributed by atoms with Crippen LogP contribution in [0.5, 0.6) is 0 Å². The molecule has 0 atom stereocenters. The summed E-state index contributed by atoms with van der Waals surface area (Å²) in [5, 5.41) is 0. The lowest BCUT2D eigenvalue weighted by molar-refractivity contribution is -0.887. The predicted molar refractivity (Wildman–Crippen MR) is 109 cm³/mol. The van der Waals surface area contributed by atoms with Gasteiger partial charge < -0.3 is 29.7 Å². The summed E-state index contributed by atoms with van der Waals surface area (Å²) in [5.41, 5.74) is 6.32. The van der Waals surface area contributed by atoms with Crippen molar-refractivity contribution in [1.29, 1.82) is 0 Å². The molecule has 0 bridgehead atoms. The van der Waals surface area contributed by atoms with Crippen LogP contribution in [0.3, 0.4) is 0 Å². The van der Waals surface area contributed by atoms with E-state index >= 15 is 0 Å². The van der Waals surface area contributed by atoms with Crippen molar-refractivity contribution in [2.24, 2.45) is 0 Å². The van der Waals surface area contributed by atoms with Gasteiger partial charge in [-0.05, 0) is 19.1 Å². The number of halogens is 2. The van der Waals surface area contributed by atoms with E-state index in [4.69, 9.17) is 0 Å². The monoisotopic (exact) mass is 430 g/mol. The van der Waals surface area contributed by atoms with Crippen molar-refractivity contribution in [3.8, 4) is 11.3 Å². The molecule has 0 saturated carbocycles. The highest BCUT2D eigenvalue weighted by atomic mass is 35.5. The van der Waals surface area contributed by atoms with Gasteiger partial charge in [0.15, 0.2) is 0 Å². The van der Waals surface area contributed by atoms with Gasteiger partial charge in [0.25, 0.3) is 0 Å². The molecule has 29 heavy (non-hydrogen) atoms. The number of para-hydroxylation sites is 2. The summed E-state index contributed by atoms with van der Waals surface area (Å²) in [6.45, 7) is 7.18. The van der Waals surface area contributed by atoms with Crippen molar-refractivity contribution in [2.75, 3.05) is 19.6 Å². The third-order valence-corrected chi connectivity index (χ3v) is 6.01. The number of aromatic amines is 1. The summed E-state index contributed by atoms with van der Waals surface area (Å²) >= 11 is 0. The molecule has 4 nitrogen and oxygen atoms in total. The molecule has 3 heterocycles. The van der Waals surface area contributed by atoms with Crippen LogP contribution in [-0.4, -0.2) is 29.2 Å². The number of aromatic nitrogens is 3. The van der Waals surface area contributed by atoms with Gasteiger partial charge >= 0.3 is 5.78 Å².